The van der Waals surface area contributed by atoms with Gasteiger partial charge in [0.2, 0.25) is 0 Å². The number of benzene rings is 2. The van der Waals surface area contributed by atoms with E-state index < -0.39 is 0 Å². The number of carbonyl (C=O) groups is 1. The average molecular weight is 375 g/mol. The molecular weight excluding hydrogens is 345 g/mol. The molecule has 0 fully saturated rings. The predicted molar refractivity (Wildman–Crippen MR) is 110 cm³/mol. The fraction of sp³-hybridized carbons (Fsp3) is 0.318. The van der Waals surface area contributed by atoms with Crippen LogP contribution in [-0.4, -0.2) is 25.2 Å². The van der Waals surface area contributed by atoms with Crippen LogP contribution >= 0.6 is 0 Å². The maximum Gasteiger partial charge on any atom is 0.293 e. The number of rotatable bonds is 3. The van der Waals surface area contributed by atoms with Crippen LogP contribution in [0.2, 0.25) is 0 Å². The summed E-state index contributed by atoms with van der Waals surface area (Å²) in [5, 5.41) is 1.20. The van der Waals surface area contributed by atoms with Gasteiger partial charge in [0.1, 0.15) is 11.6 Å². The lowest BCUT2D eigenvalue weighted by molar-refractivity contribution is -0.128. The molecule has 2 aromatic carbocycles. The van der Waals surface area contributed by atoms with Crippen LogP contribution < -0.4 is 4.74 Å². The van der Waals surface area contributed by atoms with Crippen molar-refractivity contribution >= 4 is 17.4 Å². The molecule has 1 aromatic heterocycles. The first-order valence-corrected chi connectivity index (χ1v) is 8.91. The third-order valence-electron chi connectivity index (χ3n) is 3.21. The second-order valence-corrected chi connectivity index (χ2v) is 5.25. The second kappa shape index (κ2) is 14.4. The highest BCUT2D eigenvalue weighted by Gasteiger charge is 1.97. The van der Waals surface area contributed by atoms with Gasteiger partial charge in [-0.2, -0.15) is 0 Å². The van der Waals surface area contributed by atoms with Crippen molar-refractivity contribution in [1.29, 1.82) is 0 Å². The van der Waals surface area contributed by atoms with Gasteiger partial charge in [-0.25, -0.2) is 4.39 Å². The average Bonchev–Trinajstić information content (AvgIpc) is 3.06. The van der Waals surface area contributed by atoms with Gasteiger partial charge in [-0.3, -0.25) is 4.79 Å². The lowest BCUT2D eigenvalue weighted by atomic mass is 10.2. The Kier molecular flexibility index (Phi) is 12.9. The molecule has 1 heterocycles. The van der Waals surface area contributed by atoms with Gasteiger partial charge >= 0.3 is 0 Å². The summed E-state index contributed by atoms with van der Waals surface area (Å²) >= 11 is 0. The van der Waals surface area contributed by atoms with Gasteiger partial charge in [0.05, 0.1) is 13.7 Å². The van der Waals surface area contributed by atoms with Gasteiger partial charge in [0.15, 0.2) is 0 Å². The minimum atomic E-state index is -0.171. The molecule has 0 aliphatic rings. The molecular formula is C22H30FNO3. The molecule has 0 aliphatic carbocycles. The number of aromatic amines is 1. The molecule has 0 aliphatic heterocycles. The van der Waals surface area contributed by atoms with Gasteiger partial charge in [0, 0.05) is 16.6 Å². The first-order valence-electron chi connectivity index (χ1n) is 8.91. The Hall–Kier alpha value is -2.82. The lowest BCUT2D eigenvalue weighted by Gasteiger charge is -1.97. The van der Waals surface area contributed by atoms with E-state index in [9.17, 15) is 9.18 Å². The Balaban J connectivity index is 0.000000392. The highest BCUT2D eigenvalue weighted by Crippen LogP contribution is 2.20. The van der Waals surface area contributed by atoms with Crippen LogP contribution in [0.15, 0.2) is 48.5 Å². The number of halogens is 1. The van der Waals surface area contributed by atoms with E-state index in [2.05, 4.69) is 15.8 Å². The summed E-state index contributed by atoms with van der Waals surface area (Å²) in [5.41, 5.74) is 3.43. The molecule has 3 rings (SSSR count). The highest BCUT2D eigenvalue weighted by atomic mass is 19.1. The quantitative estimate of drug-likeness (QED) is 0.587. The van der Waals surface area contributed by atoms with E-state index in [-0.39, 0.29) is 5.82 Å². The third-order valence-corrected chi connectivity index (χ3v) is 3.21. The van der Waals surface area contributed by atoms with E-state index in [1.165, 1.54) is 23.2 Å². The molecule has 4 nitrogen and oxygen atoms in total. The van der Waals surface area contributed by atoms with Crippen molar-refractivity contribution in [2.24, 2.45) is 0 Å². The van der Waals surface area contributed by atoms with Crippen molar-refractivity contribution in [2.45, 2.75) is 34.6 Å². The maximum absolute atomic E-state index is 12.1. The number of H-pyrrole nitrogens is 1. The van der Waals surface area contributed by atoms with Gasteiger partial charge in [0.25, 0.3) is 6.47 Å². The predicted octanol–water partition coefficient (Wildman–Crippen LogP) is 5.82. The Labute approximate surface area is 161 Å². The zero-order valence-electron chi connectivity index (χ0n) is 17.0. The number of hydrogen-bond acceptors (Lipinski definition) is 3. The molecule has 5 heteroatoms. The van der Waals surface area contributed by atoms with Crippen LogP contribution in [0.5, 0.6) is 5.75 Å². The number of aryl methyl sites for hydroxylation is 2. The van der Waals surface area contributed by atoms with E-state index in [1.54, 1.807) is 26.2 Å². The molecule has 0 unspecified atom stereocenters. The molecule has 27 heavy (non-hydrogen) atoms. The van der Waals surface area contributed by atoms with Crippen molar-refractivity contribution in [2.75, 3.05) is 13.7 Å². The Morgan fingerprint density at radius 3 is 2.11 bits per heavy atom. The van der Waals surface area contributed by atoms with Gasteiger partial charge in [-0.15, -0.1) is 0 Å². The normalized spacial score (nSPS) is 8.85. The summed E-state index contributed by atoms with van der Waals surface area (Å²) in [6, 6.07) is 14.5. The van der Waals surface area contributed by atoms with E-state index in [1.807, 2.05) is 45.9 Å². The Bertz CT molecular complexity index is 746. The smallest absolute Gasteiger partial charge is 0.293 e. The van der Waals surface area contributed by atoms with Crippen molar-refractivity contribution < 1.29 is 18.7 Å². The largest absolute Gasteiger partial charge is 0.497 e. The zero-order valence-corrected chi connectivity index (χ0v) is 17.0. The summed E-state index contributed by atoms with van der Waals surface area (Å²) in [5.74, 6) is 0.733. The minimum Gasteiger partial charge on any atom is -0.497 e. The van der Waals surface area contributed by atoms with E-state index in [0.717, 1.165) is 16.8 Å². The van der Waals surface area contributed by atoms with Crippen LogP contribution in [-0.2, 0) is 9.53 Å². The first-order chi connectivity index (χ1) is 13.0. The SMILES string of the molecule is CC.CCOC=O.COc1ccc2[nH]c(C)cc2c1.Cc1ccc(F)cc1. The van der Waals surface area contributed by atoms with Crippen molar-refractivity contribution in [1.82, 2.24) is 4.98 Å². The monoisotopic (exact) mass is 375 g/mol. The number of nitrogens with one attached hydrogen (secondary N) is 1. The maximum atomic E-state index is 12.1. The zero-order chi connectivity index (χ0) is 20.7. The molecule has 0 amide bonds. The molecule has 1 N–H and O–H groups in total. The molecule has 0 bridgehead atoms. The van der Waals surface area contributed by atoms with Gasteiger partial charge in [-0.1, -0.05) is 31.5 Å². The summed E-state index contributed by atoms with van der Waals surface area (Å²) < 4.78 is 21.4. The molecule has 0 saturated heterocycles. The van der Waals surface area contributed by atoms with Crippen molar-refractivity contribution in [3.63, 3.8) is 0 Å². The molecule has 0 saturated carbocycles. The Morgan fingerprint density at radius 1 is 1.04 bits per heavy atom. The standard InChI is InChI=1S/C10H11NO.C7H7F.C3H6O2.C2H6/c1-7-5-8-6-9(12-2)3-4-10(8)11-7;1-6-2-4-7(8)5-3-6;1-2-5-3-4;1-2/h3-6,11H,1-2H3;2-5H,1H3;3H,2H2,1H3;1-2H3. The fourth-order valence-corrected chi connectivity index (χ4v) is 1.98. The number of carbonyl (C=O) groups excluding carboxylic acids is 1. The highest BCUT2D eigenvalue weighted by molar-refractivity contribution is 5.81. The number of hydrogen-bond donors (Lipinski definition) is 1. The molecule has 0 spiro atoms. The second-order valence-electron chi connectivity index (χ2n) is 5.25. The Morgan fingerprint density at radius 2 is 1.67 bits per heavy atom. The molecule has 3 aromatic rings. The topological polar surface area (TPSA) is 51.3 Å². The van der Waals surface area contributed by atoms with Crippen LogP contribution in [0, 0.1) is 19.7 Å². The van der Waals surface area contributed by atoms with E-state index in [0.29, 0.717) is 13.1 Å². The molecule has 0 radical (unpaired) electrons. The van der Waals surface area contributed by atoms with Crippen LogP contribution in [0.25, 0.3) is 10.9 Å². The summed E-state index contributed by atoms with van der Waals surface area (Å²) in [7, 11) is 1.68. The summed E-state index contributed by atoms with van der Waals surface area (Å²) in [6.45, 7) is 10.6. The van der Waals surface area contributed by atoms with Crippen molar-refractivity contribution in [3.8, 4) is 5.75 Å². The van der Waals surface area contributed by atoms with Crippen LogP contribution in [0.1, 0.15) is 32.0 Å². The van der Waals surface area contributed by atoms with Crippen molar-refractivity contribution in [3.05, 3.63) is 65.6 Å². The van der Waals surface area contributed by atoms with E-state index >= 15 is 0 Å². The minimum absolute atomic E-state index is 0.171. The number of aromatic nitrogens is 1. The van der Waals surface area contributed by atoms with Gasteiger partial charge in [-0.05, 0) is 57.2 Å². The number of methoxy groups -OCH3 is 1. The van der Waals surface area contributed by atoms with Gasteiger partial charge < -0.3 is 14.5 Å². The summed E-state index contributed by atoms with van der Waals surface area (Å²) in [4.78, 5) is 12.4. The van der Waals surface area contributed by atoms with E-state index in [4.69, 9.17) is 4.74 Å². The number of ether oxygens (including phenoxy) is 2. The number of fused-ring (bicyclic) bond motifs is 1. The molecule has 0 atom stereocenters. The summed E-state index contributed by atoms with van der Waals surface area (Å²) in [6.07, 6.45) is 0. The first kappa shape index (κ1) is 24.2. The third kappa shape index (κ3) is 10.0. The fourth-order valence-electron chi connectivity index (χ4n) is 1.98. The van der Waals surface area contributed by atoms with Crippen LogP contribution in [0.4, 0.5) is 4.39 Å². The lowest BCUT2D eigenvalue weighted by Crippen LogP contribution is -1.80. The molecule has 148 valence electrons. The van der Waals surface area contributed by atoms with Crippen LogP contribution in [0.3, 0.4) is 0 Å².